The summed E-state index contributed by atoms with van der Waals surface area (Å²) >= 11 is 0. The number of aromatic nitrogens is 1. The average molecular weight is 279 g/mol. The normalized spacial score (nSPS) is 16.2. The number of nitrogens with one attached hydrogen (secondary N) is 1. The van der Waals surface area contributed by atoms with E-state index in [2.05, 4.69) is 15.2 Å². The van der Waals surface area contributed by atoms with Crippen LogP contribution in [0.3, 0.4) is 0 Å². The van der Waals surface area contributed by atoms with Gasteiger partial charge in [0, 0.05) is 32.9 Å². The molecule has 0 aromatic carbocycles. The van der Waals surface area contributed by atoms with Gasteiger partial charge in [-0.25, -0.2) is 4.98 Å². The van der Waals surface area contributed by atoms with Gasteiger partial charge in [-0.2, -0.15) is 0 Å². The number of nitrogens with zero attached hydrogens (tertiary/aromatic N) is 2. The molecule has 0 atom stereocenters. The predicted octanol–water partition coefficient (Wildman–Crippen LogP) is 0.419. The van der Waals surface area contributed by atoms with Crippen molar-refractivity contribution in [1.82, 2.24) is 10.3 Å². The van der Waals surface area contributed by atoms with Gasteiger partial charge in [-0.1, -0.05) is 0 Å². The summed E-state index contributed by atoms with van der Waals surface area (Å²) in [5, 5.41) is 12.2. The van der Waals surface area contributed by atoms with Crippen LogP contribution in [-0.4, -0.2) is 55.5 Å². The van der Waals surface area contributed by atoms with Gasteiger partial charge in [0.25, 0.3) is 5.91 Å². The van der Waals surface area contributed by atoms with Crippen molar-refractivity contribution >= 4 is 11.7 Å². The number of hydrogen-bond acceptors (Lipinski definition) is 5. The monoisotopic (exact) mass is 279 g/mol. The number of rotatable bonds is 5. The topological polar surface area (TPSA) is 74.7 Å². The zero-order chi connectivity index (χ0) is 14.4. The standard InChI is InChI=1S/C14H21N3O3/c1-20-9-6-15-14(19)11-2-3-13(16-10-11)17-7-4-12(18)5-8-17/h2-3,10,12,18H,4-9H2,1H3,(H,15,19). The lowest BCUT2D eigenvalue weighted by molar-refractivity contribution is 0.0937. The molecule has 0 saturated carbocycles. The van der Waals surface area contributed by atoms with Crippen molar-refractivity contribution in [3.8, 4) is 0 Å². The van der Waals surface area contributed by atoms with Crippen molar-refractivity contribution in [1.29, 1.82) is 0 Å². The van der Waals surface area contributed by atoms with E-state index in [0.29, 0.717) is 18.7 Å². The van der Waals surface area contributed by atoms with Gasteiger partial charge >= 0.3 is 0 Å². The second-order valence-corrected chi connectivity index (χ2v) is 4.87. The molecule has 1 aliphatic rings. The summed E-state index contributed by atoms with van der Waals surface area (Å²) in [6, 6.07) is 3.62. The highest BCUT2D eigenvalue weighted by Crippen LogP contribution is 2.17. The Morgan fingerprint density at radius 1 is 1.50 bits per heavy atom. The average Bonchev–Trinajstić information content (AvgIpc) is 2.48. The number of aliphatic hydroxyl groups excluding tert-OH is 1. The van der Waals surface area contributed by atoms with Crippen LogP contribution in [0.2, 0.25) is 0 Å². The van der Waals surface area contributed by atoms with Gasteiger partial charge in [-0.05, 0) is 25.0 Å². The van der Waals surface area contributed by atoms with Gasteiger partial charge < -0.3 is 20.1 Å². The van der Waals surface area contributed by atoms with Gasteiger partial charge in [0.15, 0.2) is 0 Å². The molecule has 1 saturated heterocycles. The predicted molar refractivity (Wildman–Crippen MR) is 75.9 cm³/mol. The molecule has 0 unspecified atom stereocenters. The second-order valence-electron chi connectivity index (χ2n) is 4.87. The number of carbonyl (C=O) groups is 1. The summed E-state index contributed by atoms with van der Waals surface area (Å²) in [6.45, 7) is 2.58. The van der Waals surface area contributed by atoms with Crippen LogP contribution >= 0.6 is 0 Å². The minimum absolute atomic E-state index is 0.143. The van der Waals surface area contributed by atoms with E-state index < -0.39 is 0 Å². The molecule has 1 aliphatic heterocycles. The molecule has 2 rings (SSSR count). The Labute approximate surface area is 118 Å². The van der Waals surface area contributed by atoms with Crippen molar-refractivity contribution in [2.45, 2.75) is 18.9 Å². The molecule has 0 bridgehead atoms. The van der Waals surface area contributed by atoms with E-state index in [9.17, 15) is 9.90 Å². The van der Waals surface area contributed by atoms with E-state index >= 15 is 0 Å². The molecule has 6 nitrogen and oxygen atoms in total. The molecule has 1 aromatic rings. The van der Waals surface area contributed by atoms with E-state index in [-0.39, 0.29) is 12.0 Å². The lowest BCUT2D eigenvalue weighted by Crippen LogP contribution is -2.36. The van der Waals surface area contributed by atoms with Crippen LogP contribution in [0.15, 0.2) is 18.3 Å². The summed E-state index contributed by atoms with van der Waals surface area (Å²) in [5.74, 6) is 0.709. The maximum Gasteiger partial charge on any atom is 0.252 e. The number of amides is 1. The fraction of sp³-hybridized carbons (Fsp3) is 0.571. The number of ether oxygens (including phenoxy) is 1. The third kappa shape index (κ3) is 3.91. The zero-order valence-electron chi connectivity index (χ0n) is 11.7. The molecule has 0 radical (unpaired) electrons. The number of methoxy groups -OCH3 is 1. The third-order valence-electron chi connectivity index (χ3n) is 3.39. The van der Waals surface area contributed by atoms with Crippen molar-refractivity contribution in [3.05, 3.63) is 23.9 Å². The number of hydrogen-bond donors (Lipinski definition) is 2. The molecule has 20 heavy (non-hydrogen) atoms. The van der Waals surface area contributed by atoms with Gasteiger partial charge in [0.05, 0.1) is 18.3 Å². The van der Waals surface area contributed by atoms with E-state index in [4.69, 9.17) is 4.74 Å². The van der Waals surface area contributed by atoms with E-state index in [1.54, 1.807) is 19.4 Å². The molecule has 1 amide bonds. The van der Waals surface area contributed by atoms with Gasteiger partial charge in [-0.15, -0.1) is 0 Å². The largest absolute Gasteiger partial charge is 0.393 e. The molecular formula is C14H21N3O3. The second kappa shape index (κ2) is 7.21. The summed E-state index contributed by atoms with van der Waals surface area (Å²) in [5.41, 5.74) is 0.543. The van der Waals surface area contributed by atoms with Gasteiger partial charge in [0.1, 0.15) is 5.82 Å². The Morgan fingerprint density at radius 2 is 2.25 bits per heavy atom. The Kier molecular flexibility index (Phi) is 5.31. The highest BCUT2D eigenvalue weighted by Gasteiger charge is 2.18. The molecule has 110 valence electrons. The fourth-order valence-electron chi connectivity index (χ4n) is 2.17. The zero-order valence-corrected chi connectivity index (χ0v) is 11.7. The van der Waals surface area contributed by atoms with E-state index in [0.717, 1.165) is 31.7 Å². The summed E-state index contributed by atoms with van der Waals surface area (Å²) in [6.07, 6.45) is 2.92. The van der Waals surface area contributed by atoms with Gasteiger partial charge in [0.2, 0.25) is 0 Å². The number of aliphatic hydroxyl groups is 1. The summed E-state index contributed by atoms with van der Waals surface area (Å²) in [4.78, 5) is 18.2. The fourth-order valence-corrected chi connectivity index (χ4v) is 2.17. The summed E-state index contributed by atoms with van der Waals surface area (Å²) in [7, 11) is 1.60. The molecule has 1 aromatic heterocycles. The molecule has 0 spiro atoms. The van der Waals surface area contributed by atoms with Crippen molar-refractivity contribution < 1.29 is 14.6 Å². The van der Waals surface area contributed by atoms with Crippen molar-refractivity contribution in [2.75, 3.05) is 38.3 Å². The number of pyridine rings is 1. The number of anilines is 1. The third-order valence-corrected chi connectivity index (χ3v) is 3.39. The quantitative estimate of drug-likeness (QED) is 0.764. The first-order valence-corrected chi connectivity index (χ1v) is 6.87. The smallest absolute Gasteiger partial charge is 0.252 e. The van der Waals surface area contributed by atoms with E-state index in [1.807, 2.05) is 6.07 Å². The van der Waals surface area contributed by atoms with Crippen molar-refractivity contribution in [3.63, 3.8) is 0 Å². The molecule has 6 heteroatoms. The summed E-state index contributed by atoms with van der Waals surface area (Å²) < 4.78 is 4.88. The van der Waals surface area contributed by atoms with E-state index in [1.165, 1.54) is 0 Å². The Bertz CT molecular complexity index is 428. The highest BCUT2D eigenvalue weighted by atomic mass is 16.5. The maximum absolute atomic E-state index is 11.8. The van der Waals surface area contributed by atoms with Crippen LogP contribution in [0.5, 0.6) is 0 Å². The first-order valence-electron chi connectivity index (χ1n) is 6.87. The SMILES string of the molecule is COCCNC(=O)c1ccc(N2CCC(O)CC2)nc1. The molecule has 0 aliphatic carbocycles. The first-order chi connectivity index (χ1) is 9.70. The van der Waals surface area contributed by atoms with Crippen LogP contribution < -0.4 is 10.2 Å². The molecule has 1 fully saturated rings. The molecule has 2 heterocycles. The molecule has 2 N–H and O–H groups in total. The highest BCUT2D eigenvalue weighted by molar-refractivity contribution is 5.94. The minimum atomic E-state index is -0.197. The Balaban J connectivity index is 1.90. The van der Waals surface area contributed by atoms with Crippen LogP contribution in [-0.2, 0) is 4.74 Å². The number of piperidine rings is 1. The van der Waals surface area contributed by atoms with Crippen LogP contribution in [0.25, 0.3) is 0 Å². The first kappa shape index (κ1) is 14.7. The van der Waals surface area contributed by atoms with Crippen LogP contribution in [0.4, 0.5) is 5.82 Å². The molecular weight excluding hydrogens is 258 g/mol. The van der Waals surface area contributed by atoms with Crippen LogP contribution in [0.1, 0.15) is 23.2 Å². The van der Waals surface area contributed by atoms with Crippen molar-refractivity contribution in [2.24, 2.45) is 0 Å². The Morgan fingerprint density at radius 3 is 2.85 bits per heavy atom. The Hall–Kier alpha value is -1.66. The van der Waals surface area contributed by atoms with Crippen LogP contribution in [0, 0.1) is 0 Å². The van der Waals surface area contributed by atoms with Gasteiger partial charge in [-0.3, -0.25) is 4.79 Å². The number of carbonyl (C=O) groups excluding carboxylic acids is 1. The maximum atomic E-state index is 11.8. The minimum Gasteiger partial charge on any atom is -0.393 e. The lowest BCUT2D eigenvalue weighted by atomic mass is 10.1. The lowest BCUT2D eigenvalue weighted by Gasteiger charge is -2.30.